The van der Waals surface area contributed by atoms with E-state index in [-0.39, 0.29) is 23.7 Å². The highest BCUT2D eigenvalue weighted by Crippen LogP contribution is 2.20. The molecule has 0 radical (unpaired) electrons. The first-order valence-corrected chi connectivity index (χ1v) is 9.47. The number of amides is 2. The molecule has 0 bridgehead atoms. The van der Waals surface area contributed by atoms with Crippen molar-refractivity contribution in [3.63, 3.8) is 0 Å². The van der Waals surface area contributed by atoms with Crippen LogP contribution in [0.1, 0.15) is 53.2 Å². The van der Waals surface area contributed by atoms with Gasteiger partial charge in [-0.1, -0.05) is 5.16 Å². The SMILES string of the molecule is CC(C)(C)OC(=O)C(C)(C)O/N=C(\C(=O)ON1C(=O)CCC1=O)c1csc(N)n1. The van der Waals surface area contributed by atoms with Crippen molar-refractivity contribution in [3.05, 3.63) is 11.1 Å². The Kier molecular flexibility index (Phi) is 6.26. The first kappa shape index (κ1) is 22.3. The van der Waals surface area contributed by atoms with Gasteiger partial charge in [-0.25, -0.2) is 14.6 Å². The summed E-state index contributed by atoms with van der Waals surface area (Å²) < 4.78 is 5.26. The maximum Gasteiger partial charge on any atom is 0.387 e. The summed E-state index contributed by atoms with van der Waals surface area (Å²) in [5.41, 5.74) is 2.80. The molecule has 1 aromatic heterocycles. The Bertz CT molecular complexity index is 853. The fourth-order valence-electron chi connectivity index (χ4n) is 1.97. The molecule has 0 aliphatic carbocycles. The number of rotatable bonds is 6. The van der Waals surface area contributed by atoms with Gasteiger partial charge in [-0.2, -0.15) is 0 Å². The zero-order valence-electron chi connectivity index (χ0n) is 16.7. The van der Waals surface area contributed by atoms with E-state index in [1.807, 2.05) is 0 Å². The summed E-state index contributed by atoms with van der Waals surface area (Å²) in [6, 6.07) is 0. The Morgan fingerprint density at radius 2 is 1.76 bits per heavy atom. The maximum absolute atomic E-state index is 12.5. The van der Waals surface area contributed by atoms with Gasteiger partial charge in [0.2, 0.25) is 11.3 Å². The molecule has 1 aromatic rings. The van der Waals surface area contributed by atoms with Crippen LogP contribution in [-0.2, 0) is 33.6 Å². The van der Waals surface area contributed by atoms with E-state index in [4.69, 9.17) is 20.1 Å². The summed E-state index contributed by atoms with van der Waals surface area (Å²) in [7, 11) is 0. The van der Waals surface area contributed by atoms with Gasteiger partial charge in [0, 0.05) is 18.2 Å². The second kappa shape index (κ2) is 8.15. The highest BCUT2D eigenvalue weighted by atomic mass is 32.1. The number of aromatic nitrogens is 1. The second-order valence-electron chi connectivity index (χ2n) is 7.57. The number of imide groups is 1. The third kappa shape index (κ3) is 5.73. The summed E-state index contributed by atoms with van der Waals surface area (Å²) in [6.45, 7) is 7.87. The van der Waals surface area contributed by atoms with Crippen LogP contribution in [0.4, 0.5) is 5.13 Å². The molecule has 0 spiro atoms. The number of anilines is 1. The molecule has 0 atom stereocenters. The molecule has 29 heavy (non-hydrogen) atoms. The average Bonchev–Trinajstić information content (AvgIpc) is 3.14. The Morgan fingerprint density at radius 3 is 2.24 bits per heavy atom. The van der Waals surface area contributed by atoms with Crippen LogP contribution in [0.2, 0.25) is 0 Å². The number of nitrogens with zero attached hydrogens (tertiary/aromatic N) is 3. The number of oxime groups is 1. The molecule has 2 heterocycles. The number of thiazole rings is 1. The normalized spacial score (nSPS) is 15.5. The molecule has 1 aliphatic rings. The minimum atomic E-state index is -1.56. The van der Waals surface area contributed by atoms with Crippen LogP contribution >= 0.6 is 11.3 Å². The molecular weight excluding hydrogens is 404 g/mol. The van der Waals surface area contributed by atoms with Crippen LogP contribution in [0.5, 0.6) is 0 Å². The van der Waals surface area contributed by atoms with Gasteiger partial charge in [0.25, 0.3) is 11.8 Å². The van der Waals surface area contributed by atoms with Gasteiger partial charge in [-0.05, 0) is 34.6 Å². The van der Waals surface area contributed by atoms with Crippen molar-refractivity contribution >= 4 is 45.9 Å². The highest BCUT2D eigenvalue weighted by molar-refractivity contribution is 7.13. The molecule has 12 heteroatoms. The van der Waals surface area contributed by atoms with Crippen LogP contribution in [0.15, 0.2) is 10.5 Å². The number of hydrogen-bond acceptors (Lipinski definition) is 11. The van der Waals surface area contributed by atoms with E-state index in [0.717, 1.165) is 11.3 Å². The molecule has 0 aromatic carbocycles. The summed E-state index contributed by atoms with van der Waals surface area (Å²) in [5.74, 6) is -3.20. The number of nitrogens with two attached hydrogens (primary N) is 1. The smallest absolute Gasteiger partial charge is 0.387 e. The Hall–Kier alpha value is -3.02. The fraction of sp³-hybridized carbons (Fsp3) is 0.529. The van der Waals surface area contributed by atoms with Crippen LogP contribution in [0.25, 0.3) is 0 Å². The van der Waals surface area contributed by atoms with Crippen molar-refractivity contribution in [2.45, 2.75) is 58.7 Å². The average molecular weight is 426 g/mol. The van der Waals surface area contributed by atoms with Crippen molar-refractivity contribution in [1.82, 2.24) is 10.0 Å². The molecule has 1 saturated heterocycles. The summed E-state index contributed by atoms with van der Waals surface area (Å²) >= 11 is 1.02. The van der Waals surface area contributed by atoms with Gasteiger partial charge in [-0.3, -0.25) is 9.59 Å². The van der Waals surface area contributed by atoms with E-state index in [9.17, 15) is 19.2 Å². The van der Waals surface area contributed by atoms with Crippen molar-refractivity contribution in [2.24, 2.45) is 5.16 Å². The monoisotopic (exact) mass is 426 g/mol. The zero-order chi connectivity index (χ0) is 22.0. The van der Waals surface area contributed by atoms with Gasteiger partial charge in [0.05, 0.1) is 0 Å². The standard InChI is InChI=1S/C17H22N4O7S/c1-16(2,3)26-14(25)17(4,5)28-20-12(9-8-29-15(18)19-9)13(24)27-21-10(22)6-7-11(21)23/h8H,6-7H2,1-5H3,(H2,18,19)/b20-12-. The molecule has 2 amide bonds. The maximum atomic E-state index is 12.5. The van der Waals surface area contributed by atoms with E-state index in [0.29, 0.717) is 5.06 Å². The van der Waals surface area contributed by atoms with Gasteiger partial charge in [0.1, 0.15) is 11.3 Å². The third-order valence-corrected chi connectivity index (χ3v) is 4.07. The minimum absolute atomic E-state index is 0.00316. The molecule has 0 unspecified atom stereocenters. The molecule has 1 aliphatic heterocycles. The van der Waals surface area contributed by atoms with Crippen molar-refractivity contribution in [1.29, 1.82) is 0 Å². The van der Waals surface area contributed by atoms with Crippen LogP contribution in [0.3, 0.4) is 0 Å². The zero-order valence-corrected chi connectivity index (χ0v) is 17.5. The summed E-state index contributed by atoms with van der Waals surface area (Å²) in [5, 5.41) is 5.62. The number of hydrogen-bond donors (Lipinski definition) is 1. The summed E-state index contributed by atoms with van der Waals surface area (Å²) in [6.07, 6.45) is -0.130. The van der Waals surface area contributed by atoms with Crippen molar-refractivity contribution in [2.75, 3.05) is 5.73 Å². The predicted octanol–water partition coefficient (Wildman–Crippen LogP) is 1.17. The van der Waals surface area contributed by atoms with Crippen LogP contribution in [-0.4, -0.2) is 50.7 Å². The van der Waals surface area contributed by atoms with Crippen molar-refractivity contribution in [3.8, 4) is 0 Å². The van der Waals surface area contributed by atoms with E-state index >= 15 is 0 Å². The van der Waals surface area contributed by atoms with E-state index < -0.39 is 40.7 Å². The lowest BCUT2D eigenvalue weighted by Crippen LogP contribution is -2.40. The molecule has 158 valence electrons. The Morgan fingerprint density at radius 1 is 1.17 bits per heavy atom. The minimum Gasteiger partial charge on any atom is -0.457 e. The van der Waals surface area contributed by atoms with Gasteiger partial charge in [-0.15, -0.1) is 16.4 Å². The molecular formula is C17H22N4O7S. The molecule has 2 N–H and O–H groups in total. The van der Waals surface area contributed by atoms with E-state index in [1.165, 1.54) is 19.2 Å². The quantitative estimate of drug-likeness (QED) is 0.306. The highest BCUT2D eigenvalue weighted by Gasteiger charge is 2.38. The van der Waals surface area contributed by atoms with Crippen LogP contribution in [0, 0.1) is 0 Å². The molecule has 0 saturated carbocycles. The predicted molar refractivity (Wildman–Crippen MR) is 101 cm³/mol. The lowest BCUT2D eigenvalue weighted by Gasteiger charge is -2.26. The number of hydroxylamine groups is 2. The lowest BCUT2D eigenvalue weighted by atomic mass is 10.1. The van der Waals surface area contributed by atoms with Gasteiger partial charge < -0.3 is 20.1 Å². The number of nitrogen functional groups attached to an aromatic ring is 1. The summed E-state index contributed by atoms with van der Waals surface area (Å²) in [4.78, 5) is 62.3. The third-order valence-electron chi connectivity index (χ3n) is 3.39. The Labute approximate surface area is 170 Å². The number of ether oxygens (including phenoxy) is 1. The largest absolute Gasteiger partial charge is 0.457 e. The molecule has 11 nitrogen and oxygen atoms in total. The fourth-order valence-corrected chi connectivity index (χ4v) is 2.51. The number of esters is 1. The first-order chi connectivity index (χ1) is 13.3. The molecule has 1 fully saturated rings. The van der Waals surface area contributed by atoms with E-state index in [1.54, 1.807) is 20.8 Å². The van der Waals surface area contributed by atoms with E-state index in [2.05, 4.69) is 10.1 Å². The van der Waals surface area contributed by atoms with Gasteiger partial charge >= 0.3 is 11.9 Å². The van der Waals surface area contributed by atoms with Crippen molar-refractivity contribution < 1.29 is 33.6 Å². The topological polar surface area (TPSA) is 150 Å². The second-order valence-corrected chi connectivity index (χ2v) is 8.46. The Balaban J connectivity index is 2.26. The first-order valence-electron chi connectivity index (χ1n) is 8.59. The number of carbonyl (C=O) groups is 4. The van der Waals surface area contributed by atoms with Gasteiger partial charge in [0.15, 0.2) is 5.13 Å². The lowest BCUT2D eigenvalue weighted by molar-refractivity contribution is -0.192. The van der Waals surface area contributed by atoms with Crippen LogP contribution < -0.4 is 5.73 Å². The number of carbonyl (C=O) groups excluding carboxylic acids is 4. The molecule has 2 rings (SSSR count).